The van der Waals surface area contributed by atoms with E-state index in [2.05, 4.69) is 6.92 Å². The standard InChI is InChI=1S/C25H28N2O4/c1-4-13-31-20-9-7-19(8-10-20)22-23(26-11-14-30-15-12-26)25(29)27(24(22)28)21-16-17(2)5-6-18(21)3/h5-10,16H,4,11-15H2,1-3H3. The van der Waals surface area contributed by atoms with Crippen molar-refractivity contribution in [3.63, 3.8) is 0 Å². The van der Waals surface area contributed by atoms with Gasteiger partial charge in [0.25, 0.3) is 11.8 Å². The molecule has 2 aromatic rings. The molecule has 0 saturated carbocycles. The zero-order valence-corrected chi connectivity index (χ0v) is 18.3. The van der Waals surface area contributed by atoms with E-state index in [1.807, 2.05) is 61.2 Å². The number of anilines is 1. The minimum absolute atomic E-state index is 0.276. The van der Waals surface area contributed by atoms with Gasteiger partial charge in [-0.3, -0.25) is 9.59 Å². The molecule has 2 amide bonds. The summed E-state index contributed by atoms with van der Waals surface area (Å²) in [6, 6.07) is 13.2. The SMILES string of the molecule is CCCOc1ccc(C2=C(N3CCOCC3)C(=O)N(c3cc(C)ccc3C)C2=O)cc1. The molecule has 0 atom stereocenters. The highest BCUT2D eigenvalue weighted by Crippen LogP contribution is 2.37. The Hall–Kier alpha value is -3.12. The van der Waals surface area contributed by atoms with Gasteiger partial charge < -0.3 is 14.4 Å². The van der Waals surface area contributed by atoms with Crippen LogP contribution in [-0.4, -0.2) is 49.6 Å². The molecule has 6 heteroatoms. The molecule has 1 saturated heterocycles. The maximum absolute atomic E-state index is 13.6. The molecular weight excluding hydrogens is 392 g/mol. The van der Waals surface area contributed by atoms with Crippen LogP contribution in [0.25, 0.3) is 5.57 Å². The molecule has 0 N–H and O–H groups in total. The summed E-state index contributed by atoms with van der Waals surface area (Å²) >= 11 is 0. The highest BCUT2D eigenvalue weighted by Gasteiger charge is 2.43. The molecule has 2 aliphatic rings. The smallest absolute Gasteiger partial charge is 0.282 e. The summed E-state index contributed by atoms with van der Waals surface area (Å²) in [4.78, 5) is 30.6. The number of carbonyl (C=O) groups excluding carboxylic acids is 2. The van der Waals surface area contributed by atoms with E-state index in [1.165, 1.54) is 4.90 Å². The van der Waals surface area contributed by atoms with E-state index in [-0.39, 0.29) is 11.8 Å². The number of ether oxygens (including phenoxy) is 2. The first-order chi connectivity index (χ1) is 15.0. The normalized spacial score (nSPS) is 17.0. The third-order valence-electron chi connectivity index (χ3n) is 5.61. The number of nitrogens with zero attached hydrogens (tertiary/aromatic N) is 2. The van der Waals surface area contributed by atoms with E-state index in [9.17, 15) is 9.59 Å². The number of benzene rings is 2. The van der Waals surface area contributed by atoms with Crippen LogP contribution < -0.4 is 9.64 Å². The van der Waals surface area contributed by atoms with Crippen LogP contribution in [0.15, 0.2) is 48.2 Å². The van der Waals surface area contributed by atoms with E-state index < -0.39 is 0 Å². The van der Waals surface area contributed by atoms with Gasteiger partial charge in [-0.25, -0.2) is 4.90 Å². The summed E-state index contributed by atoms with van der Waals surface area (Å²) < 4.78 is 11.1. The van der Waals surface area contributed by atoms with Crippen molar-refractivity contribution in [1.29, 1.82) is 0 Å². The van der Waals surface area contributed by atoms with E-state index in [1.54, 1.807) is 0 Å². The zero-order valence-electron chi connectivity index (χ0n) is 18.3. The molecule has 6 nitrogen and oxygen atoms in total. The Bertz CT molecular complexity index is 1020. The van der Waals surface area contributed by atoms with Gasteiger partial charge in [0.15, 0.2) is 0 Å². The Kier molecular flexibility index (Phi) is 6.09. The van der Waals surface area contributed by atoms with Crippen LogP contribution in [0.1, 0.15) is 30.0 Å². The predicted octanol–water partition coefficient (Wildman–Crippen LogP) is 3.71. The van der Waals surface area contributed by atoms with Crippen LogP contribution >= 0.6 is 0 Å². The lowest BCUT2D eigenvalue weighted by atomic mass is 10.0. The Balaban J connectivity index is 1.77. The van der Waals surface area contributed by atoms with Gasteiger partial charge in [-0.05, 0) is 55.2 Å². The van der Waals surface area contributed by atoms with Gasteiger partial charge in [0.05, 0.1) is 31.1 Å². The lowest BCUT2D eigenvalue weighted by Gasteiger charge is -2.29. The topological polar surface area (TPSA) is 59.1 Å². The number of morpholine rings is 1. The molecule has 162 valence electrons. The second kappa shape index (κ2) is 8.94. The van der Waals surface area contributed by atoms with Crippen molar-refractivity contribution < 1.29 is 19.1 Å². The minimum atomic E-state index is -0.289. The Labute approximate surface area is 183 Å². The van der Waals surface area contributed by atoms with Gasteiger partial charge in [-0.1, -0.05) is 31.2 Å². The average Bonchev–Trinajstić information content (AvgIpc) is 3.05. The molecule has 1 fully saturated rings. The fourth-order valence-corrected chi connectivity index (χ4v) is 3.98. The fraction of sp³-hybridized carbons (Fsp3) is 0.360. The van der Waals surface area contributed by atoms with Gasteiger partial charge in [0.2, 0.25) is 0 Å². The van der Waals surface area contributed by atoms with Crippen molar-refractivity contribution in [3.8, 4) is 5.75 Å². The van der Waals surface area contributed by atoms with Gasteiger partial charge in [0.1, 0.15) is 11.4 Å². The maximum Gasteiger partial charge on any atom is 0.282 e. The molecule has 0 aromatic heterocycles. The van der Waals surface area contributed by atoms with Crippen molar-refractivity contribution in [2.24, 2.45) is 0 Å². The van der Waals surface area contributed by atoms with Gasteiger partial charge in [-0.15, -0.1) is 0 Å². The molecule has 0 aliphatic carbocycles. The molecule has 4 rings (SSSR count). The van der Waals surface area contributed by atoms with E-state index in [0.717, 1.165) is 28.9 Å². The van der Waals surface area contributed by atoms with Crippen molar-refractivity contribution in [1.82, 2.24) is 4.90 Å². The van der Waals surface area contributed by atoms with Crippen LogP contribution in [0.3, 0.4) is 0 Å². The van der Waals surface area contributed by atoms with Crippen molar-refractivity contribution in [2.75, 3.05) is 37.8 Å². The van der Waals surface area contributed by atoms with Crippen LogP contribution in [0.4, 0.5) is 5.69 Å². The Morgan fingerprint density at radius 1 is 0.968 bits per heavy atom. The first-order valence-corrected chi connectivity index (χ1v) is 10.8. The van der Waals surface area contributed by atoms with Crippen LogP contribution in [0.5, 0.6) is 5.75 Å². The zero-order chi connectivity index (χ0) is 22.0. The highest BCUT2D eigenvalue weighted by molar-refractivity contribution is 6.45. The van der Waals surface area contributed by atoms with Gasteiger partial charge in [-0.2, -0.15) is 0 Å². The summed E-state index contributed by atoms with van der Waals surface area (Å²) in [7, 11) is 0. The molecule has 2 heterocycles. The van der Waals surface area contributed by atoms with E-state index >= 15 is 0 Å². The van der Waals surface area contributed by atoms with Crippen LogP contribution in [0, 0.1) is 13.8 Å². The number of hydrogen-bond acceptors (Lipinski definition) is 5. The number of amides is 2. The quantitative estimate of drug-likeness (QED) is 0.667. The first kappa shape index (κ1) is 21.1. The summed E-state index contributed by atoms with van der Waals surface area (Å²) in [5, 5.41) is 0. The number of hydrogen-bond donors (Lipinski definition) is 0. The predicted molar refractivity (Wildman–Crippen MR) is 120 cm³/mol. The number of rotatable bonds is 6. The van der Waals surface area contributed by atoms with Crippen LogP contribution in [-0.2, 0) is 14.3 Å². The molecule has 2 aliphatic heterocycles. The molecule has 31 heavy (non-hydrogen) atoms. The Morgan fingerprint density at radius 3 is 2.35 bits per heavy atom. The van der Waals surface area contributed by atoms with Crippen molar-refractivity contribution >= 4 is 23.1 Å². The molecule has 0 bridgehead atoms. The van der Waals surface area contributed by atoms with E-state index in [0.29, 0.717) is 49.9 Å². The monoisotopic (exact) mass is 420 g/mol. The molecular formula is C25H28N2O4. The van der Waals surface area contributed by atoms with E-state index in [4.69, 9.17) is 9.47 Å². The summed E-state index contributed by atoms with van der Waals surface area (Å²) in [6.45, 7) is 8.79. The fourth-order valence-electron chi connectivity index (χ4n) is 3.98. The molecule has 2 aromatic carbocycles. The lowest BCUT2D eigenvalue weighted by molar-refractivity contribution is -0.121. The van der Waals surface area contributed by atoms with Crippen molar-refractivity contribution in [3.05, 3.63) is 64.9 Å². The number of carbonyl (C=O) groups is 2. The van der Waals surface area contributed by atoms with Gasteiger partial charge >= 0.3 is 0 Å². The summed E-state index contributed by atoms with van der Waals surface area (Å²) in [6.07, 6.45) is 0.922. The van der Waals surface area contributed by atoms with Crippen molar-refractivity contribution in [2.45, 2.75) is 27.2 Å². The molecule has 0 unspecified atom stereocenters. The number of aryl methyl sites for hydroxylation is 2. The summed E-state index contributed by atoms with van der Waals surface area (Å²) in [5.41, 5.74) is 4.14. The third kappa shape index (κ3) is 4.08. The highest BCUT2D eigenvalue weighted by atomic mass is 16.5. The second-order valence-electron chi connectivity index (χ2n) is 7.93. The third-order valence-corrected chi connectivity index (χ3v) is 5.61. The first-order valence-electron chi connectivity index (χ1n) is 10.8. The largest absolute Gasteiger partial charge is 0.494 e. The number of imide groups is 1. The molecule has 0 spiro atoms. The lowest BCUT2D eigenvalue weighted by Crippen LogP contribution is -2.40. The molecule has 0 radical (unpaired) electrons. The Morgan fingerprint density at radius 2 is 1.68 bits per heavy atom. The average molecular weight is 421 g/mol. The van der Waals surface area contributed by atoms with Crippen LogP contribution in [0.2, 0.25) is 0 Å². The maximum atomic E-state index is 13.6. The van der Waals surface area contributed by atoms with Gasteiger partial charge in [0, 0.05) is 13.1 Å². The summed E-state index contributed by atoms with van der Waals surface area (Å²) in [5.74, 6) is 0.187. The second-order valence-corrected chi connectivity index (χ2v) is 7.93. The minimum Gasteiger partial charge on any atom is -0.494 e.